The summed E-state index contributed by atoms with van der Waals surface area (Å²) in [6.07, 6.45) is 6.57. The first-order chi connectivity index (χ1) is 10.3. The molecule has 0 aliphatic rings. The number of aromatic nitrogens is 3. The van der Waals surface area contributed by atoms with Crippen molar-refractivity contribution in [3.05, 3.63) is 60.8 Å². The Kier molecular flexibility index (Phi) is 3.69. The van der Waals surface area contributed by atoms with E-state index in [1.54, 1.807) is 13.3 Å². The smallest absolute Gasteiger partial charge is 0.221 e. The van der Waals surface area contributed by atoms with E-state index in [0.717, 1.165) is 28.9 Å². The van der Waals surface area contributed by atoms with Crippen molar-refractivity contribution in [2.24, 2.45) is 0 Å². The van der Waals surface area contributed by atoms with E-state index in [2.05, 4.69) is 47.4 Å². The third-order valence-electron chi connectivity index (χ3n) is 3.44. The van der Waals surface area contributed by atoms with Gasteiger partial charge in [0.05, 0.1) is 19.1 Å². The minimum Gasteiger partial charge on any atom is -0.481 e. The molecule has 21 heavy (non-hydrogen) atoms. The first-order valence-electron chi connectivity index (χ1n) is 6.94. The first-order valence-corrected chi connectivity index (χ1v) is 6.94. The summed E-state index contributed by atoms with van der Waals surface area (Å²) < 4.78 is 7.34. The number of ether oxygens (including phenoxy) is 1. The van der Waals surface area contributed by atoms with Gasteiger partial charge in [0, 0.05) is 23.6 Å². The zero-order valence-electron chi connectivity index (χ0n) is 12.2. The quantitative estimate of drug-likeness (QED) is 0.733. The number of benzene rings is 1. The summed E-state index contributed by atoms with van der Waals surface area (Å²) in [5.74, 6) is 0.640. The van der Waals surface area contributed by atoms with Crippen molar-refractivity contribution in [2.75, 3.05) is 7.11 Å². The largest absolute Gasteiger partial charge is 0.481 e. The second kappa shape index (κ2) is 5.79. The Morgan fingerprint density at radius 3 is 2.57 bits per heavy atom. The highest BCUT2D eigenvalue weighted by atomic mass is 16.5. The van der Waals surface area contributed by atoms with Gasteiger partial charge < -0.3 is 9.30 Å². The van der Waals surface area contributed by atoms with Crippen LogP contribution in [0.25, 0.3) is 16.8 Å². The molecule has 2 aromatic heterocycles. The fraction of sp³-hybridized carbons (Fsp3) is 0.176. The highest BCUT2D eigenvalue weighted by molar-refractivity contribution is 5.69. The average molecular weight is 279 g/mol. The van der Waals surface area contributed by atoms with Gasteiger partial charge in [-0.3, -0.25) is 0 Å². The molecule has 0 saturated carbocycles. The molecule has 3 aromatic rings. The predicted molar refractivity (Wildman–Crippen MR) is 82.7 cm³/mol. The lowest BCUT2D eigenvalue weighted by molar-refractivity contribution is 0.399. The molecule has 0 radical (unpaired) electrons. The maximum atomic E-state index is 5.31. The van der Waals surface area contributed by atoms with Crippen molar-refractivity contribution < 1.29 is 4.74 Å². The van der Waals surface area contributed by atoms with Crippen LogP contribution in [0, 0.1) is 0 Å². The van der Waals surface area contributed by atoms with E-state index < -0.39 is 0 Å². The molecule has 0 aliphatic carbocycles. The van der Waals surface area contributed by atoms with Crippen LogP contribution in [0.15, 0.2) is 55.1 Å². The maximum Gasteiger partial charge on any atom is 0.221 e. The van der Waals surface area contributed by atoms with Crippen LogP contribution in [0.5, 0.6) is 5.88 Å². The topological polar surface area (TPSA) is 39.9 Å². The molecule has 0 unspecified atom stereocenters. The zero-order chi connectivity index (χ0) is 14.7. The van der Waals surface area contributed by atoms with Crippen LogP contribution in [0.3, 0.4) is 0 Å². The van der Waals surface area contributed by atoms with Gasteiger partial charge in [-0.05, 0) is 36.2 Å². The monoisotopic (exact) mass is 279 g/mol. The standard InChI is InChI=1S/C17H17N3O/c1-3-14-11-20(12-19-14)15-8-6-13(7-9-15)16-5-4-10-18-17(16)21-2/h4-12H,3H2,1-2H3. The van der Waals surface area contributed by atoms with Crippen molar-refractivity contribution in [1.82, 2.24) is 14.5 Å². The minimum absolute atomic E-state index is 0.640. The number of hydrogen-bond acceptors (Lipinski definition) is 3. The van der Waals surface area contributed by atoms with Crippen LogP contribution in [-0.2, 0) is 6.42 Å². The van der Waals surface area contributed by atoms with Crippen molar-refractivity contribution in [3.8, 4) is 22.7 Å². The van der Waals surface area contributed by atoms with E-state index in [0.29, 0.717) is 5.88 Å². The van der Waals surface area contributed by atoms with Crippen molar-refractivity contribution in [1.29, 1.82) is 0 Å². The Hall–Kier alpha value is -2.62. The van der Waals surface area contributed by atoms with Crippen molar-refractivity contribution >= 4 is 0 Å². The summed E-state index contributed by atoms with van der Waals surface area (Å²) in [6.45, 7) is 2.10. The molecule has 4 nitrogen and oxygen atoms in total. The van der Waals surface area contributed by atoms with Gasteiger partial charge in [-0.2, -0.15) is 0 Å². The summed E-state index contributed by atoms with van der Waals surface area (Å²) in [5, 5.41) is 0. The van der Waals surface area contributed by atoms with Crippen LogP contribution >= 0.6 is 0 Å². The Balaban J connectivity index is 1.93. The van der Waals surface area contributed by atoms with Crippen molar-refractivity contribution in [2.45, 2.75) is 13.3 Å². The molecule has 0 aliphatic heterocycles. The number of hydrogen-bond donors (Lipinski definition) is 0. The molecule has 0 N–H and O–H groups in total. The van der Waals surface area contributed by atoms with Crippen LogP contribution in [0.1, 0.15) is 12.6 Å². The lowest BCUT2D eigenvalue weighted by Gasteiger charge is -2.08. The normalized spacial score (nSPS) is 10.6. The molecule has 0 spiro atoms. The molecule has 0 amide bonds. The molecular weight excluding hydrogens is 262 g/mol. The number of pyridine rings is 1. The predicted octanol–water partition coefficient (Wildman–Crippen LogP) is 3.51. The Labute approximate surface area is 124 Å². The SMILES string of the molecule is CCc1cn(-c2ccc(-c3cccnc3OC)cc2)cn1. The van der Waals surface area contributed by atoms with Gasteiger partial charge in [0.2, 0.25) is 5.88 Å². The van der Waals surface area contributed by atoms with Gasteiger partial charge in [0.25, 0.3) is 0 Å². The van der Waals surface area contributed by atoms with Gasteiger partial charge in [-0.1, -0.05) is 19.1 Å². The Morgan fingerprint density at radius 1 is 1.10 bits per heavy atom. The summed E-state index contributed by atoms with van der Waals surface area (Å²) in [6, 6.07) is 12.2. The molecular formula is C17H17N3O. The van der Waals surface area contributed by atoms with Crippen LogP contribution in [-0.4, -0.2) is 21.6 Å². The average Bonchev–Trinajstić information content (AvgIpc) is 3.04. The second-order valence-corrected chi connectivity index (χ2v) is 4.73. The molecule has 0 atom stereocenters. The molecule has 0 bridgehead atoms. The maximum absolute atomic E-state index is 5.31. The summed E-state index contributed by atoms with van der Waals surface area (Å²) in [7, 11) is 1.64. The number of nitrogens with zero attached hydrogens (tertiary/aromatic N) is 3. The van der Waals surface area contributed by atoms with E-state index in [1.807, 2.05) is 23.0 Å². The number of rotatable bonds is 4. The number of aryl methyl sites for hydroxylation is 1. The highest BCUT2D eigenvalue weighted by Crippen LogP contribution is 2.28. The lowest BCUT2D eigenvalue weighted by Crippen LogP contribution is -1.92. The summed E-state index contributed by atoms with van der Waals surface area (Å²) >= 11 is 0. The fourth-order valence-corrected chi connectivity index (χ4v) is 2.27. The van der Waals surface area contributed by atoms with E-state index in [-0.39, 0.29) is 0 Å². The lowest BCUT2D eigenvalue weighted by atomic mass is 10.1. The molecule has 3 rings (SSSR count). The first kappa shape index (κ1) is 13.4. The number of methoxy groups -OCH3 is 1. The van der Waals surface area contributed by atoms with Gasteiger partial charge >= 0.3 is 0 Å². The van der Waals surface area contributed by atoms with Crippen molar-refractivity contribution in [3.63, 3.8) is 0 Å². The van der Waals surface area contributed by atoms with Crippen LogP contribution in [0.4, 0.5) is 0 Å². The van der Waals surface area contributed by atoms with E-state index in [9.17, 15) is 0 Å². The molecule has 106 valence electrons. The van der Waals surface area contributed by atoms with Gasteiger partial charge in [0.15, 0.2) is 0 Å². The minimum atomic E-state index is 0.640. The molecule has 0 saturated heterocycles. The highest BCUT2D eigenvalue weighted by Gasteiger charge is 2.06. The van der Waals surface area contributed by atoms with E-state index in [4.69, 9.17) is 4.74 Å². The zero-order valence-corrected chi connectivity index (χ0v) is 12.2. The fourth-order valence-electron chi connectivity index (χ4n) is 2.27. The van der Waals surface area contributed by atoms with Gasteiger partial charge in [-0.25, -0.2) is 9.97 Å². The number of imidazole rings is 1. The van der Waals surface area contributed by atoms with Gasteiger partial charge in [0.1, 0.15) is 0 Å². The molecule has 1 aromatic carbocycles. The van der Waals surface area contributed by atoms with E-state index in [1.165, 1.54) is 0 Å². The summed E-state index contributed by atoms with van der Waals surface area (Å²) in [5.41, 5.74) is 4.26. The molecule has 4 heteroatoms. The van der Waals surface area contributed by atoms with Crippen LogP contribution < -0.4 is 4.74 Å². The molecule has 0 fully saturated rings. The Morgan fingerprint density at radius 2 is 1.90 bits per heavy atom. The third-order valence-corrected chi connectivity index (χ3v) is 3.44. The van der Waals surface area contributed by atoms with E-state index >= 15 is 0 Å². The van der Waals surface area contributed by atoms with Gasteiger partial charge in [-0.15, -0.1) is 0 Å². The third kappa shape index (κ3) is 2.65. The van der Waals surface area contributed by atoms with Crippen LogP contribution in [0.2, 0.25) is 0 Å². The molecule has 2 heterocycles. The second-order valence-electron chi connectivity index (χ2n) is 4.73. The summed E-state index contributed by atoms with van der Waals surface area (Å²) in [4.78, 5) is 8.58. The Bertz CT molecular complexity index is 732.